The van der Waals surface area contributed by atoms with E-state index in [2.05, 4.69) is 4.90 Å². The number of amidine groups is 1. The van der Waals surface area contributed by atoms with Crippen molar-refractivity contribution >= 4 is 50.1 Å². The number of likely N-dealkylation sites (tertiary alicyclic amines) is 1. The molecule has 2 aliphatic rings. The lowest BCUT2D eigenvalue weighted by Crippen LogP contribution is -2.57. The van der Waals surface area contributed by atoms with Crippen molar-refractivity contribution < 1.29 is 22.7 Å². The summed E-state index contributed by atoms with van der Waals surface area (Å²) in [5, 5.41) is 10.7. The average molecular weight is 597 g/mol. The number of ether oxygens (including phenoxy) is 1. The summed E-state index contributed by atoms with van der Waals surface area (Å²) in [5.41, 5.74) is 1.16. The fourth-order valence-electron chi connectivity index (χ4n) is 5.50. The third-order valence-electron chi connectivity index (χ3n) is 7.83. The first-order chi connectivity index (χ1) is 19.7. The number of piperazine rings is 1. The van der Waals surface area contributed by atoms with Crippen LogP contribution in [0.2, 0.25) is 5.02 Å². The van der Waals surface area contributed by atoms with Gasteiger partial charge in [-0.05, 0) is 66.4 Å². The monoisotopic (exact) mass is 596 g/mol. The number of carbonyl (C=O) groups is 2. The van der Waals surface area contributed by atoms with Gasteiger partial charge in [-0.3, -0.25) is 15.0 Å². The molecule has 41 heavy (non-hydrogen) atoms. The first-order valence-corrected chi connectivity index (χ1v) is 15.5. The van der Waals surface area contributed by atoms with Crippen molar-refractivity contribution in [3.63, 3.8) is 0 Å². The fourth-order valence-corrected chi connectivity index (χ4v) is 7.19. The number of halogens is 1. The van der Waals surface area contributed by atoms with Crippen molar-refractivity contribution in [3.8, 4) is 0 Å². The van der Waals surface area contributed by atoms with Gasteiger partial charge in [-0.25, -0.2) is 8.42 Å². The maximum absolute atomic E-state index is 13.6. The first kappa shape index (κ1) is 29.0. The number of benzene rings is 3. The molecule has 0 aromatic heterocycles. The van der Waals surface area contributed by atoms with Crippen molar-refractivity contribution in [3.05, 3.63) is 76.8 Å². The van der Waals surface area contributed by atoms with E-state index in [4.69, 9.17) is 21.7 Å². The van der Waals surface area contributed by atoms with Gasteiger partial charge in [-0.2, -0.15) is 4.31 Å². The minimum atomic E-state index is -3.90. The summed E-state index contributed by atoms with van der Waals surface area (Å²) < 4.78 is 33.5. The number of nitrogens with zero attached hydrogens (tertiary/aromatic N) is 3. The lowest BCUT2D eigenvalue weighted by atomic mass is 10.0. The van der Waals surface area contributed by atoms with Gasteiger partial charge in [0, 0.05) is 48.9 Å². The van der Waals surface area contributed by atoms with Crippen LogP contribution in [0.5, 0.6) is 0 Å². The molecular formula is C30H33ClN4O5S. The standard InChI is InChI=1S/C30H33ClN4O5S/c1-40-28(36)19-26-20-34(41(38,39)27-12-10-23-17-25(31)11-9-24(23)18-27)15-16-35(26)30(37)22-7-5-21(6-8-22)29(32)33-13-3-2-4-14-33/h5-12,17-18,26,32H,2-4,13-16,19-20H2,1H3. The Balaban J connectivity index is 1.34. The molecule has 1 amide bonds. The van der Waals surface area contributed by atoms with Crippen molar-refractivity contribution in [1.82, 2.24) is 14.1 Å². The van der Waals surface area contributed by atoms with Gasteiger partial charge in [0.1, 0.15) is 5.84 Å². The maximum atomic E-state index is 13.6. The highest BCUT2D eigenvalue weighted by atomic mass is 35.5. The van der Waals surface area contributed by atoms with E-state index in [1.165, 1.54) is 17.8 Å². The topological polar surface area (TPSA) is 111 Å². The second kappa shape index (κ2) is 12.2. The van der Waals surface area contributed by atoms with Crippen LogP contribution in [-0.4, -0.2) is 86.1 Å². The summed E-state index contributed by atoms with van der Waals surface area (Å²) in [6.07, 6.45) is 3.17. The van der Waals surface area contributed by atoms with Gasteiger partial charge < -0.3 is 14.5 Å². The second-order valence-corrected chi connectivity index (χ2v) is 12.8. The summed E-state index contributed by atoms with van der Waals surface area (Å²) in [6, 6.07) is 16.3. The van der Waals surface area contributed by atoms with E-state index in [1.54, 1.807) is 65.6 Å². The summed E-state index contributed by atoms with van der Waals surface area (Å²) in [4.78, 5) is 29.6. The molecule has 9 nitrogen and oxygen atoms in total. The molecule has 0 radical (unpaired) electrons. The zero-order valence-electron chi connectivity index (χ0n) is 22.9. The van der Waals surface area contributed by atoms with Crippen LogP contribution in [-0.2, 0) is 19.6 Å². The fraction of sp³-hybridized carbons (Fsp3) is 0.367. The highest BCUT2D eigenvalue weighted by molar-refractivity contribution is 7.89. The molecule has 0 saturated carbocycles. The van der Waals surface area contributed by atoms with Gasteiger partial charge in [-0.1, -0.05) is 35.9 Å². The van der Waals surface area contributed by atoms with E-state index in [0.717, 1.165) is 42.3 Å². The highest BCUT2D eigenvalue weighted by Gasteiger charge is 2.38. The predicted molar refractivity (Wildman–Crippen MR) is 158 cm³/mol. The summed E-state index contributed by atoms with van der Waals surface area (Å²) in [7, 11) is -2.63. The number of hydrogen-bond acceptors (Lipinski definition) is 6. The average Bonchev–Trinajstić information content (AvgIpc) is 3.00. The van der Waals surface area contributed by atoms with E-state index in [1.807, 2.05) is 0 Å². The second-order valence-electron chi connectivity index (χ2n) is 10.4. The van der Waals surface area contributed by atoms with Crippen LogP contribution in [0.25, 0.3) is 10.8 Å². The first-order valence-electron chi connectivity index (χ1n) is 13.7. The Kier molecular flexibility index (Phi) is 8.63. The Morgan fingerprint density at radius 1 is 0.902 bits per heavy atom. The quantitative estimate of drug-likeness (QED) is 0.257. The van der Waals surface area contributed by atoms with Crippen LogP contribution >= 0.6 is 11.6 Å². The number of rotatable bonds is 6. The minimum Gasteiger partial charge on any atom is -0.469 e. The van der Waals surface area contributed by atoms with E-state index < -0.39 is 22.0 Å². The van der Waals surface area contributed by atoms with Crippen molar-refractivity contribution in [2.24, 2.45) is 0 Å². The van der Waals surface area contributed by atoms with Crippen molar-refractivity contribution in [1.29, 1.82) is 5.41 Å². The largest absolute Gasteiger partial charge is 0.469 e. The molecule has 5 rings (SSSR count). The lowest BCUT2D eigenvalue weighted by Gasteiger charge is -2.40. The normalized spacial score (nSPS) is 18.3. The molecule has 0 aliphatic carbocycles. The molecule has 2 fully saturated rings. The minimum absolute atomic E-state index is 0.0421. The SMILES string of the molecule is COC(=O)CC1CN(S(=O)(=O)c2ccc3cc(Cl)ccc3c2)CCN1C(=O)c1ccc(C(=N)N2CCCCC2)cc1. The molecule has 216 valence electrons. The lowest BCUT2D eigenvalue weighted by molar-refractivity contribution is -0.142. The molecule has 3 aromatic carbocycles. The molecule has 1 N–H and O–H groups in total. The smallest absolute Gasteiger partial charge is 0.307 e. The number of hydrogen-bond donors (Lipinski definition) is 1. The predicted octanol–water partition coefficient (Wildman–Crippen LogP) is 4.38. The van der Waals surface area contributed by atoms with Gasteiger partial charge in [0.15, 0.2) is 0 Å². The van der Waals surface area contributed by atoms with Crippen LogP contribution in [0.1, 0.15) is 41.6 Å². The van der Waals surface area contributed by atoms with Crippen LogP contribution < -0.4 is 0 Å². The van der Waals surface area contributed by atoms with Crippen LogP contribution in [0.3, 0.4) is 0 Å². The third kappa shape index (κ3) is 6.24. The van der Waals surface area contributed by atoms with E-state index in [-0.39, 0.29) is 36.9 Å². The van der Waals surface area contributed by atoms with E-state index >= 15 is 0 Å². The zero-order valence-corrected chi connectivity index (χ0v) is 24.5. The maximum Gasteiger partial charge on any atom is 0.307 e. The summed E-state index contributed by atoms with van der Waals surface area (Å²) in [6.45, 7) is 1.88. The number of nitrogens with one attached hydrogen (secondary N) is 1. The number of fused-ring (bicyclic) bond motifs is 1. The number of esters is 1. The molecule has 2 heterocycles. The highest BCUT2D eigenvalue weighted by Crippen LogP contribution is 2.27. The van der Waals surface area contributed by atoms with Gasteiger partial charge in [0.25, 0.3) is 5.91 Å². The van der Waals surface area contributed by atoms with Crippen LogP contribution in [0.4, 0.5) is 0 Å². The summed E-state index contributed by atoms with van der Waals surface area (Å²) in [5.74, 6) is -0.377. The molecule has 0 spiro atoms. The Hall–Kier alpha value is -3.47. The van der Waals surface area contributed by atoms with Crippen LogP contribution in [0.15, 0.2) is 65.6 Å². The molecule has 0 bridgehead atoms. The van der Waals surface area contributed by atoms with E-state index in [9.17, 15) is 18.0 Å². The molecule has 2 aliphatic heterocycles. The molecule has 1 unspecified atom stereocenters. The number of carbonyl (C=O) groups excluding carboxylic acids is 2. The van der Waals surface area contributed by atoms with Gasteiger partial charge in [-0.15, -0.1) is 0 Å². The summed E-state index contributed by atoms with van der Waals surface area (Å²) >= 11 is 6.07. The van der Waals surface area contributed by atoms with Gasteiger partial charge in [0.2, 0.25) is 10.0 Å². The molecule has 1 atom stereocenters. The number of methoxy groups -OCH3 is 1. The third-order valence-corrected chi connectivity index (χ3v) is 9.92. The molecule has 3 aromatic rings. The number of amides is 1. The zero-order chi connectivity index (χ0) is 29.1. The Morgan fingerprint density at radius 2 is 1.56 bits per heavy atom. The van der Waals surface area contributed by atoms with Crippen molar-refractivity contribution in [2.45, 2.75) is 36.6 Å². The molecule has 11 heteroatoms. The van der Waals surface area contributed by atoms with Crippen molar-refractivity contribution in [2.75, 3.05) is 39.8 Å². The molecule has 2 saturated heterocycles. The molecular weight excluding hydrogens is 564 g/mol. The van der Waals surface area contributed by atoms with Crippen LogP contribution in [0, 0.1) is 5.41 Å². The van der Waals surface area contributed by atoms with E-state index in [0.29, 0.717) is 16.4 Å². The van der Waals surface area contributed by atoms with Gasteiger partial charge in [0.05, 0.1) is 24.5 Å². The Labute approximate surface area is 245 Å². The Bertz CT molecular complexity index is 1570. The number of piperidine rings is 1. The number of sulfonamides is 1. The Morgan fingerprint density at radius 3 is 2.27 bits per heavy atom. The van der Waals surface area contributed by atoms with Gasteiger partial charge >= 0.3 is 5.97 Å².